The zero-order chi connectivity index (χ0) is 11.1. The van der Waals surface area contributed by atoms with Crippen molar-refractivity contribution in [3.05, 3.63) is 0 Å². The minimum atomic E-state index is -3.10. The topological polar surface area (TPSA) is 82.0 Å². The lowest BCUT2D eigenvalue weighted by Gasteiger charge is -2.05. The largest absolute Gasteiger partial charge is 0.461 e. The fourth-order valence-corrected chi connectivity index (χ4v) is 3.61. The van der Waals surface area contributed by atoms with Crippen molar-refractivity contribution < 1.29 is 22.8 Å². The summed E-state index contributed by atoms with van der Waals surface area (Å²) < 4.78 is 27.3. The minimum absolute atomic E-state index is 0.0654. The van der Waals surface area contributed by atoms with Crippen molar-refractivity contribution >= 4 is 21.5 Å². The molecule has 2 atom stereocenters. The standard InChI is InChI=1S/C8H11NO5S/c1-2-13-8(10)7-5-3-15(11,12)4-6(5)14-9-7/h5-6H,2-4H2,1H3/t5-,6-/m0/s1. The van der Waals surface area contributed by atoms with Crippen molar-refractivity contribution in [1.29, 1.82) is 0 Å². The van der Waals surface area contributed by atoms with E-state index in [9.17, 15) is 13.2 Å². The van der Waals surface area contributed by atoms with Crippen LogP contribution in [0, 0.1) is 5.92 Å². The second-order valence-electron chi connectivity index (χ2n) is 3.52. The number of hydrogen-bond donors (Lipinski definition) is 0. The van der Waals surface area contributed by atoms with E-state index < -0.39 is 27.8 Å². The van der Waals surface area contributed by atoms with Gasteiger partial charge in [0.15, 0.2) is 21.7 Å². The first-order valence-electron chi connectivity index (χ1n) is 4.65. The van der Waals surface area contributed by atoms with E-state index in [2.05, 4.69) is 5.16 Å². The first-order valence-corrected chi connectivity index (χ1v) is 6.47. The van der Waals surface area contributed by atoms with Gasteiger partial charge in [-0.15, -0.1) is 0 Å². The Balaban J connectivity index is 2.14. The Morgan fingerprint density at radius 1 is 1.60 bits per heavy atom. The van der Waals surface area contributed by atoms with Gasteiger partial charge in [0, 0.05) is 0 Å². The lowest BCUT2D eigenvalue weighted by molar-refractivity contribution is -0.135. The summed E-state index contributed by atoms with van der Waals surface area (Å²) in [5.74, 6) is -1.17. The van der Waals surface area contributed by atoms with Gasteiger partial charge in [-0.25, -0.2) is 13.2 Å². The number of esters is 1. The van der Waals surface area contributed by atoms with Crippen LogP contribution in [0.3, 0.4) is 0 Å². The van der Waals surface area contributed by atoms with Crippen LogP contribution < -0.4 is 0 Å². The van der Waals surface area contributed by atoms with Crippen LogP contribution in [0.25, 0.3) is 0 Å². The van der Waals surface area contributed by atoms with Gasteiger partial charge in [-0.05, 0) is 6.92 Å². The third-order valence-electron chi connectivity index (χ3n) is 2.42. The molecule has 0 radical (unpaired) electrons. The minimum Gasteiger partial charge on any atom is -0.461 e. The molecule has 0 amide bonds. The summed E-state index contributed by atoms with van der Waals surface area (Å²) in [5, 5.41) is 3.58. The van der Waals surface area contributed by atoms with Crippen molar-refractivity contribution in [1.82, 2.24) is 0 Å². The summed E-state index contributed by atoms with van der Waals surface area (Å²) in [6.07, 6.45) is -0.505. The highest BCUT2D eigenvalue weighted by Crippen LogP contribution is 2.29. The molecule has 0 aromatic carbocycles. The van der Waals surface area contributed by atoms with E-state index in [0.29, 0.717) is 0 Å². The molecule has 2 heterocycles. The smallest absolute Gasteiger partial charge is 0.356 e. The maximum Gasteiger partial charge on any atom is 0.356 e. The maximum atomic E-state index is 11.4. The molecule has 1 saturated heterocycles. The number of rotatable bonds is 2. The van der Waals surface area contributed by atoms with Gasteiger partial charge in [0.05, 0.1) is 24.0 Å². The van der Waals surface area contributed by atoms with Gasteiger partial charge in [0.1, 0.15) is 0 Å². The lowest BCUT2D eigenvalue weighted by atomic mass is 10.0. The molecule has 2 aliphatic rings. The van der Waals surface area contributed by atoms with Gasteiger partial charge >= 0.3 is 5.97 Å². The van der Waals surface area contributed by atoms with Crippen LogP contribution in [-0.4, -0.2) is 44.3 Å². The summed E-state index contributed by atoms with van der Waals surface area (Å²) >= 11 is 0. The molecular formula is C8H11NO5S. The first-order chi connectivity index (χ1) is 7.03. The van der Waals surface area contributed by atoms with Crippen molar-refractivity contribution in [2.45, 2.75) is 13.0 Å². The number of carbonyl (C=O) groups excluding carboxylic acids is 1. The average Bonchev–Trinajstić information content (AvgIpc) is 2.59. The normalized spacial score (nSPS) is 31.7. The zero-order valence-corrected chi connectivity index (χ0v) is 8.99. The SMILES string of the molecule is CCOC(=O)C1=NO[C@H]2CS(=O)(=O)C[C@H]12. The highest BCUT2D eigenvalue weighted by atomic mass is 32.2. The second-order valence-corrected chi connectivity index (χ2v) is 5.68. The highest BCUT2D eigenvalue weighted by Gasteiger charge is 2.48. The van der Waals surface area contributed by atoms with Crippen molar-refractivity contribution in [2.75, 3.05) is 18.1 Å². The summed E-state index contributed by atoms with van der Waals surface area (Å²) in [5.41, 5.74) is 0.0999. The van der Waals surface area contributed by atoms with Crippen molar-refractivity contribution in [2.24, 2.45) is 11.1 Å². The van der Waals surface area contributed by atoms with Gasteiger partial charge in [-0.1, -0.05) is 5.16 Å². The van der Waals surface area contributed by atoms with E-state index in [1.54, 1.807) is 6.92 Å². The van der Waals surface area contributed by atoms with Crippen LogP contribution in [-0.2, 0) is 24.2 Å². The average molecular weight is 233 g/mol. The van der Waals surface area contributed by atoms with E-state index in [-0.39, 0.29) is 23.8 Å². The van der Waals surface area contributed by atoms with Gasteiger partial charge in [-0.3, -0.25) is 0 Å². The van der Waals surface area contributed by atoms with E-state index in [1.807, 2.05) is 0 Å². The maximum absolute atomic E-state index is 11.4. The number of fused-ring (bicyclic) bond motifs is 1. The molecule has 0 aromatic heterocycles. The molecular weight excluding hydrogens is 222 g/mol. The third kappa shape index (κ3) is 1.83. The molecule has 0 saturated carbocycles. The summed E-state index contributed by atoms with van der Waals surface area (Å²) in [7, 11) is -3.10. The van der Waals surface area contributed by atoms with E-state index in [0.717, 1.165) is 0 Å². The predicted octanol–water partition coefficient (Wildman–Crippen LogP) is -0.651. The molecule has 15 heavy (non-hydrogen) atoms. The molecule has 7 heteroatoms. The Bertz CT molecular complexity index is 413. The Morgan fingerprint density at radius 3 is 3.00 bits per heavy atom. The number of oxime groups is 1. The van der Waals surface area contributed by atoms with Crippen LogP contribution in [0.4, 0.5) is 0 Å². The molecule has 0 bridgehead atoms. The fraction of sp³-hybridized carbons (Fsp3) is 0.750. The fourth-order valence-electron chi connectivity index (χ4n) is 1.76. The Hall–Kier alpha value is -1.11. The third-order valence-corrected chi connectivity index (χ3v) is 4.13. The molecule has 0 aromatic rings. The molecule has 2 aliphatic heterocycles. The lowest BCUT2D eigenvalue weighted by Crippen LogP contribution is -2.28. The van der Waals surface area contributed by atoms with Crippen molar-refractivity contribution in [3.63, 3.8) is 0 Å². The molecule has 0 aliphatic carbocycles. The number of ether oxygens (including phenoxy) is 1. The zero-order valence-electron chi connectivity index (χ0n) is 8.17. The Morgan fingerprint density at radius 2 is 2.33 bits per heavy atom. The molecule has 6 nitrogen and oxygen atoms in total. The highest BCUT2D eigenvalue weighted by molar-refractivity contribution is 7.91. The second kappa shape index (κ2) is 3.48. The summed E-state index contributed by atoms with van der Waals surface area (Å²) in [4.78, 5) is 16.3. The van der Waals surface area contributed by atoms with Crippen LogP contribution in [0.2, 0.25) is 0 Å². The van der Waals surface area contributed by atoms with Gasteiger partial charge in [0.2, 0.25) is 0 Å². The number of carbonyl (C=O) groups is 1. The molecule has 1 fully saturated rings. The van der Waals surface area contributed by atoms with Crippen LogP contribution >= 0.6 is 0 Å². The molecule has 0 N–H and O–H groups in total. The molecule has 0 spiro atoms. The van der Waals surface area contributed by atoms with Gasteiger partial charge in [-0.2, -0.15) is 0 Å². The number of sulfone groups is 1. The molecule has 2 rings (SSSR count). The van der Waals surface area contributed by atoms with E-state index >= 15 is 0 Å². The van der Waals surface area contributed by atoms with E-state index in [1.165, 1.54) is 0 Å². The summed E-state index contributed by atoms with van der Waals surface area (Å²) in [6.45, 7) is 1.92. The quantitative estimate of drug-likeness (QED) is 0.592. The predicted molar refractivity (Wildman–Crippen MR) is 51.1 cm³/mol. The Labute approximate surface area is 87.1 Å². The summed E-state index contributed by atoms with van der Waals surface area (Å²) in [6, 6.07) is 0. The monoisotopic (exact) mass is 233 g/mol. The Kier molecular flexibility index (Phi) is 2.41. The van der Waals surface area contributed by atoms with Crippen LogP contribution in [0.15, 0.2) is 5.16 Å². The van der Waals surface area contributed by atoms with Crippen molar-refractivity contribution in [3.8, 4) is 0 Å². The molecule has 0 unspecified atom stereocenters. The van der Waals surface area contributed by atoms with Crippen LogP contribution in [0.1, 0.15) is 6.92 Å². The molecule has 84 valence electrons. The number of hydrogen-bond acceptors (Lipinski definition) is 6. The van der Waals surface area contributed by atoms with Gasteiger partial charge in [0.25, 0.3) is 0 Å². The number of nitrogens with zero attached hydrogens (tertiary/aromatic N) is 1. The van der Waals surface area contributed by atoms with Gasteiger partial charge < -0.3 is 9.57 Å². The van der Waals surface area contributed by atoms with E-state index in [4.69, 9.17) is 9.57 Å². The first kappa shape index (κ1) is 10.4. The van der Waals surface area contributed by atoms with Crippen LogP contribution in [0.5, 0.6) is 0 Å².